The van der Waals surface area contributed by atoms with E-state index in [-0.39, 0.29) is 25.6 Å². The Morgan fingerprint density at radius 1 is 0.482 bits per heavy atom. The number of phosphoric acid groups is 1. The molecule has 2 atom stereocenters. The van der Waals surface area contributed by atoms with E-state index in [0.717, 1.165) is 38.5 Å². The number of carbonyl (C=O) groups is 2. The van der Waals surface area contributed by atoms with Crippen LogP contribution in [0.1, 0.15) is 232 Å². The third-order valence-corrected chi connectivity index (χ3v) is 11.6. The van der Waals surface area contributed by atoms with Gasteiger partial charge < -0.3 is 18.9 Å². The average Bonchev–Trinajstić information content (AvgIpc) is 3.15. The number of esters is 2. The molecular formula is C46H93NO8P+. The minimum Gasteiger partial charge on any atom is -0.462 e. The molecule has 0 heterocycles. The maximum atomic E-state index is 12.7. The molecule has 0 radical (unpaired) electrons. The summed E-state index contributed by atoms with van der Waals surface area (Å²) < 4.78 is 34.3. The minimum absolute atomic E-state index is 0.0369. The summed E-state index contributed by atoms with van der Waals surface area (Å²) in [6.07, 6.45) is 40.1. The number of likely N-dealkylation sites (N-methyl/N-ethyl adjacent to an activating group) is 1. The van der Waals surface area contributed by atoms with E-state index in [0.29, 0.717) is 17.4 Å². The largest absolute Gasteiger partial charge is 0.472 e. The Labute approximate surface area is 346 Å². The van der Waals surface area contributed by atoms with Gasteiger partial charge in [0.15, 0.2) is 6.10 Å². The summed E-state index contributed by atoms with van der Waals surface area (Å²) in [5.41, 5.74) is 0. The third kappa shape index (κ3) is 42.6. The second-order valence-corrected chi connectivity index (χ2v) is 19.0. The molecule has 2 unspecified atom stereocenters. The summed E-state index contributed by atoms with van der Waals surface area (Å²) >= 11 is 0. The SMILES string of the molecule is CCCCCCCCCCCCCCCCCCCCCCCC(=O)OC(COC(=O)CCCCCCCCCCCCC)COP(=O)(O)OCC[N+](C)(C)C. The number of rotatable bonds is 44. The first-order chi connectivity index (χ1) is 27.0. The predicted octanol–water partition coefficient (Wildman–Crippen LogP) is 13.6. The standard InChI is InChI=1S/C46H92NO8P/c1-6-8-10-12-14-16-18-19-20-21-22-23-24-25-26-27-29-31-33-35-37-39-46(49)55-44(43-54-56(50,51)53-41-40-47(3,4)5)42-52-45(48)38-36-34-32-30-28-17-15-13-11-9-7-2/h44H,6-43H2,1-5H3/p+1. The molecule has 0 spiro atoms. The Morgan fingerprint density at radius 3 is 1.14 bits per heavy atom. The van der Waals surface area contributed by atoms with Gasteiger partial charge in [-0.05, 0) is 12.8 Å². The first kappa shape index (κ1) is 55.0. The molecule has 0 bridgehead atoms. The Balaban J connectivity index is 4.19. The number of ether oxygens (including phenoxy) is 2. The topological polar surface area (TPSA) is 108 Å². The van der Waals surface area contributed by atoms with E-state index in [1.54, 1.807) is 0 Å². The molecule has 9 nitrogen and oxygen atoms in total. The van der Waals surface area contributed by atoms with Crippen molar-refractivity contribution in [1.82, 2.24) is 0 Å². The molecule has 0 aliphatic carbocycles. The molecule has 0 saturated heterocycles. The molecule has 1 N–H and O–H groups in total. The molecule has 0 amide bonds. The maximum absolute atomic E-state index is 12.7. The number of nitrogens with zero attached hydrogens (tertiary/aromatic N) is 1. The van der Waals surface area contributed by atoms with Gasteiger partial charge in [-0.2, -0.15) is 0 Å². The van der Waals surface area contributed by atoms with Gasteiger partial charge in [0.2, 0.25) is 0 Å². The van der Waals surface area contributed by atoms with E-state index < -0.39 is 26.5 Å². The lowest BCUT2D eigenvalue weighted by Gasteiger charge is -2.24. The van der Waals surface area contributed by atoms with Crippen LogP contribution in [0.5, 0.6) is 0 Å². The van der Waals surface area contributed by atoms with Crippen LogP contribution in [0.2, 0.25) is 0 Å². The highest BCUT2D eigenvalue weighted by Gasteiger charge is 2.27. The molecular weight excluding hydrogens is 725 g/mol. The Hall–Kier alpha value is -0.990. The molecule has 0 aromatic heterocycles. The molecule has 56 heavy (non-hydrogen) atoms. The van der Waals surface area contributed by atoms with Crippen LogP contribution < -0.4 is 0 Å². The van der Waals surface area contributed by atoms with E-state index >= 15 is 0 Å². The normalized spacial score (nSPS) is 13.5. The lowest BCUT2D eigenvalue weighted by molar-refractivity contribution is -0.870. The van der Waals surface area contributed by atoms with E-state index in [2.05, 4.69) is 13.8 Å². The smallest absolute Gasteiger partial charge is 0.462 e. The van der Waals surface area contributed by atoms with E-state index in [4.69, 9.17) is 18.5 Å². The number of hydrogen-bond acceptors (Lipinski definition) is 7. The second-order valence-electron chi connectivity index (χ2n) is 17.5. The Kier molecular flexibility index (Phi) is 38.8. The third-order valence-electron chi connectivity index (χ3n) is 10.6. The zero-order valence-corrected chi connectivity index (χ0v) is 38.5. The van der Waals surface area contributed by atoms with Crippen LogP contribution in [0.4, 0.5) is 0 Å². The van der Waals surface area contributed by atoms with Crippen molar-refractivity contribution in [3.63, 3.8) is 0 Å². The number of quaternary nitrogens is 1. The van der Waals surface area contributed by atoms with Gasteiger partial charge in [0, 0.05) is 12.8 Å². The number of carbonyl (C=O) groups excluding carboxylic acids is 2. The van der Waals surface area contributed by atoms with Gasteiger partial charge in [-0.3, -0.25) is 18.6 Å². The van der Waals surface area contributed by atoms with E-state index in [9.17, 15) is 19.0 Å². The van der Waals surface area contributed by atoms with Crippen LogP contribution in [-0.2, 0) is 32.7 Å². The maximum Gasteiger partial charge on any atom is 0.472 e. The summed E-state index contributed by atoms with van der Waals surface area (Å²) in [7, 11) is 1.49. The van der Waals surface area contributed by atoms with Crippen LogP contribution in [0, 0.1) is 0 Å². The average molecular weight is 819 g/mol. The summed E-state index contributed by atoms with van der Waals surface area (Å²) in [5, 5.41) is 0. The van der Waals surface area contributed by atoms with Crippen molar-refractivity contribution in [2.24, 2.45) is 0 Å². The number of phosphoric ester groups is 1. The number of unbranched alkanes of at least 4 members (excludes halogenated alkanes) is 30. The van der Waals surface area contributed by atoms with Crippen molar-refractivity contribution < 1.29 is 42.1 Å². The fourth-order valence-electron chi connectivity index (χ4n) is 6.90. The van der Waals surface area contributed by atoms with Crippen molar-refractivity contribution in [3.8, 4) is 0 Å². The highest BCUT2D eigenvalue weighted by atomic mass is 31.2. The van der Waals surface area contributed by atoms with Crippen LogP contribution in [0.25, 0.3) is 0 Å². The van der Waals surface area contributed by atoms with Gasteiger partial charge in [-0.1, -0.05) is 206 Å². The summed E-state index contributed by atoms with van der Waals surface area (Å²) in [6.45, 7) is 4.46. The minimum atomic E-state index is -4.37. The summed E-state index contributed by atoms with van der Waals surface area (Å²) in [5.74, 6) is -0.783. The first-order valence-electron chi connectivity index (χ1n) is 23.8. The van der Waals surface area contributed by atoms with Gasteiger partial charge in [-0.15, -0.1) is 0 Å². The lowest BCUT2D eigenvalue weighted by Crippen LogP contribution is -2.37. The zero-order chi connectivity index (χ0) is 41.4. The van der Waals surface area contributed by atoms with Gasteiger partial charge >= 0.3 is 19.8 Å². The van der Waals surface area contributed by atoms with E-state index in [1.165, 1.54) is 167 Å². The van der Waals surface area contributed by atoms with E-state index in [1.807, 2.05) is 21.1 Å². The first-order valence-corrected chi connectivity index (χ1v) is 25.3. The van der Waals surface area contributed by atoms with Gasteiger partial charge in [0.25, 0.3) is 0 Å². The van der Waals surface area contributed by atoms with Gasteiger partial charge in [0.1, 0.15) is 19.8 Å². The van der Waals surface area contributed by atoms with Crippen LogP contribution in [-0.4, -0.2) is 74.9 Å². The monoisotopic (exact) mass is 819 g/mol. The second kappa shape index (κ2) is 39.5. The van der Waals surface area contributed by atoms with Crippen molar-refractivity contribution in [2.45, 2.75) is 238 Å². The lowest BCUT2D eigenvalue weighted by atomic mass is 10.0. The molecule has 0 saturated carbocycles. The molecule has 0 aromatic carbocycles. The highest BCUT2D eigenvalue weighted by molar-refractivity contribution is 7.47. The fraction of sp³-hybridized carbons (Fsp3) is 0.957. The Bertz CT molecular complexity index is 927. The van der Waals surface area contributed by atoms with Crippen molar-refractivity contribution >= 4 is 19.8 Å². The van der Waals surface area contributed by atoms with Crippen LogP contribution in [0.3, 0.4) is 0 Å². The van der Waals surface area contributed by atoms with Gasteiger partial charge in [0.05, 0.1) is 27.7 Å². The zero-order valence-electron chi connectivity index (χ0n) is 37.6. The van der Waals surface area contributed by atoms with Gasteiger partial charge in [-0.25, -0.2) is 4.57 Å². The van der Waals surface area contributed by atoms with Crippen molar-refractivity contribution in [2.75, 3.05) is 47.5 Å². The summed E-state index contributed by atoms with van der Waals surface area (Å²) in [4.78, 5) is 35.4. The molecule has 0 rings (SSSR count). The summed E-state index contributed by atoms with van der Waals surface area (Å²) in [6, 6.07) is 0. The van der Waals surface area contributed by atoms with Crippen molar-refractivity contribution in [3.05, 3.63) is 0 Å². The van der Waals surface area contributed by atoms with Crippen LogP contribution >= 0.6 is 7.82 Å². The molecule has 0 fully saturated rings. The number of hydrogen-bond donors (Lipinski definition) is 1. The molecule has 0 aromatic rings. The molecule has 0 aliphatic heterocycles. The molecule has 0 aliphatic rings. The molecule has 334 valence electrons. The van der Waals surface area contributed by atoms with Crippen molar-refractivity contribution in [1.29, 1.82) is 0 Å². The molecule has 10 heteroatoms. The quantitative estimate of drug-likeness (QED) is 0.0280. The fourth-order valence-corrected chi connectivity index (χ4v) is 7.64. The highest BCUT2D eigenvalue weighted by Crippen LogP contribution is 2.43. The van der Waals surface area contributed by atoms with Crippen LogP contribution in [0.15, 0.2) is 0 Å². The predicted molar refractivity (Wildman–Crippen MR) is 234 cm³/mol. The Morgan fingerprint density at radius 2 is 0.804 bits per heavy atom.